The van der Waals surface area contributed by atoms with Gasteiger partial charge in [-0.05, 0) is 57.8 Å². The van der Waals surface area contributed by atoms with Crippen molar-refractivity contribution in [3.8, 4) is 0 Å². The van der Waals surface area contributed by atoms with E-state index in [4.69, 9.17) is 0 Å². The Kier molecular flexibility index (Phi) is 58.7. The van der Waals surface area contributed by atoms with Crippen molar-refractivity contribution >= 4 is 5.91 Å². The van der Waals surface area contributed by atoms with Crippen LogP contribution in [0.4, 0.5) is 0 Å². The number of allylic oxidation sites excluding steroid dienone is 5. The molecule has 0 aliphatic carbocycles. The van der Waals surface area contributed by atoms with Crippen LogP contribution in [0.5, 0.6) is 0 Å². The molecule has 0 aliphatic rings. The molecule has 68 heavy (non-hydrogen) atoms. The van der Waals surface area contributed by atoms with Crippen molar-refractivity contribution < 1.29 is 15.0 Å². The summed E-state index contributed by atoms with van der Waals surface area (Å²) in [7, 11) is 0. The summed E-state index contributed by atoms with van der Waals surface area (Å²) in [6.07, 6.45) is 82.1. The molecule has 0 aliphatic heterocycles. The van der Waals surface area contributed by atoms with Crippen LogP contribution < -0.4 is 5.32 Å². The summed E-state index contributed by atoms with van der Waals surface area (Å²) >= 11 is 0. The summed E-state index contributed by atoms with van der Waals surface area (Å²) < 4.78 is 0. The molecule has 1 amide bonds. The number of hydrogen-bond donors (Lipinski definition) is 3. The SMILES string of the molecule is CCCCCCCCCCCCCCC/C=C/CC/C=C/C(O)C(CO)NC(=O)CCCCCCCCCCCCCCCCCCC/C=C\CCCCCCCCCCCCCCCCCC. The normalized spacial score (nSPS) is 12.9. The Morgan fingerprint density at radius 1 is 0.338 bits per heavy atom. The molecule has 3 N–H and O–H groups in total. The van der Waals surface area contributed by atoms with Gasteiger partial charge < -0.3 is 15.5 Å². The maximum Gasteiger partial charge on any atom is 0.220 e. The van der Waals surface area contributed by atoms with Crippen molar-refractivity contribution in [1.82, 2.24) is 5.32 Å². The second kappa shape index (κ2) is 59.9. The first kappa shape index (κ1) is 66.6. The molecule has 0 saturated carbocycles. The van der Waals surface area contributed by atoms with Crippen molar-refractivity contribution in [3.05, 3.63) is 36.5 Å². The molecule has 0 heterocycles. The number of amides is 1. The van der Waals surface area contributed by atoms with Gasteiger partial charge in [0.15, 0.2) is 0 Å². The topological polar surface area (TPSA) is 69.6 Å². The van der Waals surface area contributed by atoms with Gasteiger partial charge in [0.05, 0.1) is 18.8 Å². The van der Waals surface area contributed by atoms with Crippen LogP contribution in [0.25, 0.3) is 0 Å². The van der Waals surface area contributed by atoms with Crippen molar-refractivity contribution in [2.24, 2.45) is 0 Å². The highest BCUT2D eigenvalue weighted by Gasteiger charge is 2.18. The highest BCUT2D eigenvalue weighted by molar-refractivity contribution is 5.76. The first-order valence-electron chi connectivity index (χ1n) is 31.2. The Morgan fingerprint density at radius 2 is 0.574 bits per heavy atom. The highest BCUT2D eigenvalue weighted by atomic mass is 16.3. The molecule has 0 rings (SSSR count). The molecule has 0 saturated heterocycles. The minimum absolute atomic E-state index is 0.0680. The van der Waals surface area contributed by atoms with Crippen LogP contribution in [-0.4, -0.2) is 34.9 Å². The van der Waals surface area contributed by atoms with Gasteiger partial charge in [0.25, 0.3) is 0 Å². The molecule has 0 aromatic heterocycles. The van der Waals surface area contributed by atoms with Gasteiger partial charge in [0, 0.05) is 6.42 Å². The van der Waals surface area contributed by atoms with Gasteiger partial charge in [-0.3, -0.25) is 4.79 Å². The van der Waals surface area contributed by atoms with Crippen LogP contribution in [-0.2, 0) is 4.79 Å². The van der Waals surface area contributed by atoms with E-state index in [0.29, 0.717) is 6.42 Å². The first-order chi connectivity index (χ1) is 33.7. The van der Waals surface area contributed by atoms with E-state index >= 15 is 0 Å². The van der Waals surface area contributed by atoms with E-state index in [1.54, 1.807) is 6.08 Å². The van der Waals surface area contributed by atoms with E-state index in [1.165, 1.54) is 295 Å². The fraction of sp³-hybridized carbons (Fsp3) is 0.891. The molecule has 0 radical (unpaired) electrons. The molecule has 0 aromatic carbocycles. The smallest absolute Gasteiger partial charge is 0.220 e. The molecule has 0 aromatic rings. The van der Waals surface area contributed by atoms with E-state index in [2.05, 4.69) is 43.5 Å². The van der Waals surface area contributed by atoms with E-state index in [0.717, 1.165) is 32.1 Å². The number of carbonyl (C=O) groups excluding carboxylic acids is 1. The van der Waals surface area contributed by atoms with Crippen molar-refractivity contribution in [2.75, 3.05) is 6.61 Å². The predicted octanol–water partition coefficient (Wildman–Crippen LogP) is 20.8. The van der Waals surface area contributed by atoms with Gasteiger partial charge in [0.2, 0.25) is 5.91 Å². The van der Waals surface area contributed by atoms with E-state index in [9.17, 15) is 15.0 Å². The number of aliphatic hydroxyl groups excluding tert-OH is 2. The Morgan fingerprint density at radius 3 is 0.853 bits per heavy atom. The average Bonchev–Trinajstić information content (AvgIpc) is 3.34. The third-order valence-corrected chi connectivity index (χ3v) is 14.6. The number of rotatable bonds is 58. The van der Waals surface area contributed by atoms with Crippen LogP contribution in [0.2, 0.25) is 0 Å². The van der Waals surface area contributed by atoms with Crippen LogP contribution in [0.1, 0.15) is 348 Å². The summed E-state index contributed by atoms with van der Waals surface area (Å²) in [5.41, 5.74) is 0. The maximum absolute atomic E-state index is 12.5. The molecule has 2 unspecified atom stereocenters. The number of unbranched alkanes of at least 4 members (excludes halogenated alkanes) is 47. The summed E-state index contributed by atoms with van der Waals surface area (Å²) in [5, 5.41) is 23.2. The van der Waals surface area contributed by atoms with Gasteiger partial charge in [0.1, 0.15) is 0 Å². The zero-order valence-corrected chi connectivity index (χ0v) is 46.4. The minimum Gasteiger partial charge on any atom is -0.394 e. The minimum atomic E-state index is -0.861. The average molecular weight is 955 g/mol. The number of hydrogen-bond acceptors (Lipinski definition) is 3. The van der Waals surface area contributed by atoms with E-state index in [-0.39, 0.29) is 12.5 Å². The maximum atomic E-state index is 12.5. The Bertz CT molecular complexity index is 1040. The first-order valence-corrected chi connectivity index (χ1v) is 31.2. The molecule has 4 heteroatoms. The third-order valence-electron chi connectivity index (χ3n) is 14.6. The lowest BCUT2D eigenvalue weighted by Crippen LogP contribution is -2.45. The number of aliphatic hydroxyl groups is 2. The Balaban J connectivity index is 3.43. The lowest BCUT2D eigenvalue weighted by atomic mass is 10.0. The van der Waals surface area contributed by atoms with Crippen molar-refractivity contribution in [2.45, 2.75) is 360 Å². The van der Waals surface area contributed by atoms with Crippen LogP contribution >= 0.6 is 0 Å². The molecule has 402 valence electrons. The molecular weight excluding hydrogens is 831 g/mol. The largest absolute Gasteiger partial charge is 0.394 e. The van der Waals surface area contributed by atoms with Gasteiger partial charge in [-0.1, -0.05) is 320 Å². The molecule has 0 bridgehead atoms. The lowest BCUT2D eigenvalue weighted by molar-refractivity contribution is -0.123. The standard InChI is InChI=1S/C64H123NO3/c1-3-5-7-9-11-13-15-17-19-21-23-24-25-26-27-28-29-30-31-32-33-34-35-36-37-38-39-40-42-44-46-48-50-52-54-56-58-60-64(68)65-62(61-66)63(67)59-57-55-53-51-49-47-45-43-41-22-20-18-16-14-12-10-8-6-4-2/h30-31,49,51,57,59,62-63,66-67H,3-29,32-48,50,52-56,58,60-61H2,1-2H3,(H,65,68)/b31-30-,51-49+,59-57+. The quantitative estimate of drug-likeness (QED) is 0.0420. The Labute approximate surface area is 427 Å². The molecule has 4 nitrogen and oxygen atoms in total. The van der Waals surface area contributed by atoms with Crippen molar-refractivity contribution in [3.63, 3.8) is 0 Å². The molecular formula is C64H123NO3. The second-order valence-corrected chi connectivity index (χ2v) is 21.5. The predicted molar refractivity (Wildman–Crippen MR) is 304 cm³/mol. The van der Waals surface area contributed by atoms with Gasteiger partial charge >= 0.3 is 0 Å². The zero-order chi connectivity index (χ0) is 49.2. The van der Waals surface area contributed by atoms with Gasteiger partial charge in [-0.25, -0.2) is 0 Å². The second-order valence-electron chi connectivity index (χ2n) is 21.5. The number of nitrogens with one attached hydrogen (secondary N) is 1. The van der Waals surface area contributed by atoms with Crippen LogP contribution in [0, 0.1) is 0 Å². The summed E-state index contributed by atoms with van der Waals surface area (Å²) in [4.78, 5) is 12.5. The third kappa shape index (κ3) is 55.5. The van der Waals surface area contributed by atoms with E-state index < -0.39 is 12.1 Å². The zero-order valence-electron chi connectivity index (χ0n) is 46.4. The lowest BCUT2D eigenvalue weighted by Gasteiger charge is -2.19. The number of carbonyl (C=O) groups is 1. The van der Waals surface area contributed by atoms with E-state index in [1.807, 2.05) is 6.08 Å². The van der Waals surface area contributed by atoms with Crippen molar-refractivity contribution in [1.29, 1.82) is 0 Å². The highest BCUT2D eigenvalue weighted by Crippen LogP contribution is 2.18. The van der Waals surface area contributed by atoms with Crippen LogP contribution in [0.15, 0.2) is 36.5 Å². The summed E-state index contributed by atoms with van der Waals surface area (Å²) in [6, 6.07) is -0.638. The van der Waals surface area contributed by atoms with Gasteiger partial charge in [-0.15, -0.1) is 0 Å². The fourth-order valence-electron chi connectivity index (χ4n) is 9.84. The Hall–Kier alpha value is -1.39. The fourth-order valence-corrected chi connectivity index (χ4v) is 9.84. The summed E-state index contributed by atoms with van der Waals surface area (Å²) in [5.74, 6) is -0.0680. The van der Waals surface area contributed by atoms with Crippen LogP contribution in [0.3, 0.4) is 0 Å². The van der Waals surface area contributed by atoms with Gasteiger partial charge in [-0.2, -0.15) is 0 Å². The summed E-state index contributed by atoms with van der Waals surface area (Å²) in [6.45, 7) is 4.33. The molecule has 0 fully saturated rings. The molecule has 0 spiro atoms. The molecule has 2 atom stereocenters. The monoisotopic (exact) mass is 954 g/mol.